The van der Waals surface area contributed by atoms with Crippen LogP contribution < -0.4 is 9.62 Å². The van der Waals surface area contributed by atoms with E-state index in [0.717, 1.165) is 4.31 Å². The second kappa shape index (κ2) is 12.7. The molecule has 0 aliphatic carbocycles. The number of nitrogens with zero attached hydrogens (tertiary/aromatic N) is 2. The Hall–Kier alpha value is -3.43. The second-order valence-electron chi connectivity index (χ2n) is 8.36. The number of carbonyl (C=O) groups is 2. The van der Waals surface area contributed by atoms with Crippen LogP contribution in [0.25, 0.3) is 0 Å². The van der Waals surface area contributed by atoms with Crippen molar-refractivity contribution < 1.29 is 22.4 Å². The first-order valence-electron chi connectivity index (χ1n) is 11.8. The van der Waals surface area contributed by atoms with Gasteiger partial charge in [-0.05, 0) is 43.7 Å². The summed E-state index contributed by atoms with van der Waals surface area (Å²) in [6.07, 6.45) is 0.690. The topological polar surface area (TPSA) is 86.8 Å². The summed E-state index contributed by atoms with van der Waals surface area (Å²) in [5, 5.41) is 2.87. The van der Waals surface area contributed by atoms with Gasteiger partial charge in [0.2, 0.25) is 11.8 Å². The molecule has 196 valence electrons. The van der Waals surface area contributed by atoms with Gasteiger partial charge in [0.15, 0.2) is 0 Å². The van der Waals surface area contributed by atoms with Gasteiger partial charge in [0, 0.05) is 18.7 Å². The number of halogens is 2. The lowest BCUT2D eigenvalue weighted by Crippen LogP contribution is -2.51. The molecule has 0 aromatic heterocycles. The Morgan fingerprint density at radius 1 is 0.973 bits per heavy atom. The Kier molecular flexibility index (Phi) is 9.66. The highest BCUT2D eigenvalue weighted by Gasteiger charge is 2.33. The number of para-hydroxylation sites is 1. The second-order valence-corrected chi connectivity index (χ2v) is 10.6. The molecule has 0 fully saturated rings. The van der Waals surface area contributed by atoms with E-state index in [9.17, 15) is 22.4 Å². The van der Waals surface area contributed by atoms with Gasteiger partial charge in [-0.15, -0.1) is 0 Å². The lowest BCUT2D eigenvalue weighted by Gasteiger charge is -2.32. The lowest BCUT2D eigenvalue weighted by molar-refractivity contribution is -0.139. The fourth-order valence-corrected chi connectivity index (χ4v) is 5.42. The van der Waals surface area contributed by atoms with Gasteiger partial charge in [-0.3, -0.25) is 13.9 Å². The summed E-state index contributed by atoms with van der Waals surface area (Å²) in [5.41, 5.74) is 0.302. The number of hydrogen-bond acceptors (Lipinski definition) is 4. The van der Waals surface area contributed by atoms with Crippen LogP contribution in [0.4, 0.5) is 10.1 Å². The Bertz CT molecular complexity index is 1340. The van der Waals surface area contributed by atoms with E-state index in [2.05, 4.69) is 5.32 Å². The molecule has 1 N–H and O–H groups in total. The summed E-state index contributed by atoms with van der Waals surface area (Å²) in [6, 6.07) is 18.9. The first kappa shape index (κ1) is 28.1. The Labute approximate surface area is 221 Å². The molecule has 0 heterocycles. The molecule has 7 nitrogen and oxygen atoms in total. The zero-order valence-corrected chi connectivity index (χ0v) is 22.2. The number of hydrogen-bond donors (Lipinski definition) is 1. The van der Waals surface area contributed by atoms with Crippen molar-refractivity contribution >= 4 is 39.1 Å². The molecule has 3 rings (SSSR count). The van der Waals surface area contributed by atoms with Gasteiger partial charge in [0.05, 0.1) is 15.6 Å². The molecule has 0 bridgehead atoms. The normalized spacial score (nSPS) is 12.0. The van der Waals surface area contributed by atoms with Gasteiger partial charge in [-0.2, -0.15) is 0 Å². The highest BCUT2D eigenvalue weighted by Crippen LogP contribution is 2.30. The molecule has 0 unspecified atom stereocenters. The van der Waals surface area contributed by atoms with Gasteiger partial charge in [0.1, 0.15) is 18.4 Å². The molecule has 1 atom stereocenters. The number of anilines is 1. The molecule has 37 heavy (non-hydrogen) atoms. The van der Waals surface area contributed by atoms with Crippen LogP contribution in [0.2, 0.25) is 5.02 Å². The maximum Gasteiger partial charge on any atom is 0.264 e. The van der Waals surface area contributed by atoms with E-state index in [4.69, 9.17) is 11.6 Å². The number of nitrogens with one attached hydrogen (secondary N) is 1. The molecule has 10 heteroatoms. The van der Waals surface area contributed by atoms with E-state index in [-0.39, 0.29) is 27.7 Å². The summed E-state index contributed by atoms with van der Waals surface area (Å²) in [6.45, 7) is 2.94. The van der Waals surface area contributed by atoms with Gasteiger partial charge in [-0.1, -0.05) is 67.1 Å². The first-order chi connectivity index (χ1) is 17.7. The van der Waals surface area contributed by atoms with Crippen LogP contribution >= 0.6 is 11.6 Å². The smallest absolute Gasteiger partial charge is 0.264 e. The molecule has 0 aliphatic heterocycles. The Morgan fingerprint density at radius 3 is 2.24 bits per heavy atom. The zero-order valence-electron chi connectivity index (χ0n) is 20.6. The van der Waals surface area contributed by atoms with Crippen molar-refractivity contribution in [2.24, 2.45) is 0 Å². The minimum atomic E-state index is -4.22. The first-order valence-corrected chi connectivity index (χ1v) is 13.6. The summed E-state index contributed by atoms with van der Waals surface area (Å²) in [4.78, 5) is 27.7. The molecule has 0 saturated carbocycles. The quantitative estimate of drug-likeness (QED) is 0.381. The van der Waals surface area contributed by atoms with Crippen LogP contribution in [0.1, 0.15) is 25.8 Å². The monoisotopic (exact) mass is 545 g/mol. The third-order valence-corrected chi connectivity index (χ3v) is 7.84. The Morgan fingerprint density at radius 2 is 1.59 bits per heavy atom. The Balaban J connectivity index is 2.03. The standard InChI is InChI=1S/C27H29ClFN3O4S/c1-3-17-30-27(34)20(2)31(18-21-11-7-9-15-24(21)29)26(33)19-32(25-16-10-8-14-23(25)28)37(35,36)22-12-5-4-6-13-22/h4-16,20H,3,17-19H2,1-2H3,(H,30,34)/t20-/m0/s1. The minimum Gasteiger partial charge on any atom is -0.354 e. The van der Waals surface area contributed by atoms with Crippen LogP contribution in [0, 0.1) is 5.82 Å². The van der Waals surface area contributed by atoms with Crippen LogP contribution in [0.15, 0.2) is 83.8 Å². The zero-order chi connectivity index (χ0) is 27.0. The molecule has 3 aromatic rings. The number of sulfonamides is 1. The third kappa shape index (κ3) is 6.87. The summed E-state index contributed by atoms with van der Waals surface area (Å²) >= 11 is 6.35. The molecule has 0 radical (unpaired) electrons. The van der Waals surface area contributed by atoms with Crippen LogP contribution in [-0.2, 0) is 26.2 Å². The highest BCUT2D eigenvalue weighted by atomic mass is 35.5. The predicted octanol–water partition coefficient (Wildman–Crippen LogP) is 4.62. The van der Waals surface area contributed by atoms with Gasteiger partial charge < -0.3 is 10.2 Å². The van der Waals surface area contributed by atoms with Crippen molar-refractivity contribution in [2.45, 2.75) is 37.8 Å². The minimum absolute atomic E-state index is 0.0305. The average molecular weight is 546 g/mol. The van der Waals surface area contributed by atoms with E-state index < -0.39 is 40.2 Å². The van der Waals surface area contributed by atoms with Crippen molar-refractivity contribution in [3.8, 4) is 0 Å². The van der Waals surface area contributed by atoms with Crippen molar-refractivity contribution in [3.63, 3.8) is 0 Å². The largest absolute Gasteiger partial charge is 0.354 e. The van der Waals surface area contributed by atoms with Crippen LogP contribution in [0.5, 0.6) is 0 Å². The molecule has 0 saturated heterocycles. The maximum absolute atomic E-state index is 14.5. The van der Waals surface area contributed by atoms with Crippen molar-refractivity contribution in [1.29, 1.82) is 0 Å². The maximum atomic E-state index is 14.5. The van der Waals surface area contributed by atoms with Crippen molar-refractivity contribution in [3.05, 3.63) is 95.3 Å². The van der Waals surface area contributed by atoms with Crippen molar-refractivity contribution in [2.75, 3.05) is 17.4 Å². The number of rotatable bonds is 11. The molecular formula is C27H29ClFN3O4S. The van der Waals surface area contributed by atoms with Gasteiger partial charge >= 0.3 is 0 Å². The third-order valence-electron chi connectivity index (χ3n) is 5.75. The fraction of sp³-hybridized carbons (Fsp3) is 0.259. The molecule has 0 aliphatic rings. The summed E-state index contributed by atoms with van der Waals surface area (Å²) < 4.78 is 42.7. The van der Waals surface area contributed by atoms with E-state index in [0.29, 0.717) is 13.0 Å². The molecule has 2 amide bonds. The molecule has 3 aromatic carbocycles. The molecule has 0 spiro atoms. The lowest BCUT2D eigenvalue weighted by atomic mass is 10.1. The SMILES string of the molecule is CCCNC(=O)[C@H](C)N(Cc1ccccc1F)C(=O)CN(c1ccccc1Cl)S(=O)(=O)c1ccccc1. The fourth-order valence-electron chi connectivity index (χ4n) is 3.68. The summed E-state index contributed by atoms with van der Waals surface area (Å²) in [5.74, 6) is -1.66. The highest BCUT2D eigenvalue weighted by molar-refractivity contribution is 7.92. The predicted molar refractivity (Wildman–Crippen MR) is 142 cm³/mol. The van der Waals surface area contributed by atoms with Crippen molar-refractivity contribution in [1.82, 2.24) is 10.2 Å². The van der Waals surface area contributed by atoms with E-state index in [1.807, 2.05) is 6.92 Å². The number of benzene rings is 3. The number of carbonyl (C=O) groups excluding carboxylic acids is 2. The van der Waals surface area contributed by atoms with Gasteiger partial charge in [0.25, 0.3) is 10.0 Å². The van der Waals surface area contributed by atoms with E-state index in [1.54, 1.807) is 36.4 Å². The van der Waals surface area contributed by atoms with E-state index in [1.165, 1.54) is 54.3 Å². The van der Waals surface area contributed by atoms with Gasteiger partial charge in [-0.25, -0.2) is 12.8 Å². The van der Waals surface area contributed by atoms with E-state index >= 15 is 0 Å². The average Bonchev–Trinajstić information content (AvgIpc) is 2.90. The van der Waals surface area contributed by atoms with Crippen LogP contribution in [-0.4, -0.2) is 44.3 Å². The number of amides is 2. The van der Waals surface area contributed by atoms with Crippen LogP contribution in [0.3, 0.4) is 0 Å². The molecular weight excluding hydrogens is 517 g/mol. The summed E-state index contributed by atoms with van der Waals surface area (Å²) in [7, 11) is -4.22.